The molecule has 0 heterocycles. The SMILES string of the molecule is CCCCCSCCC(NC(C)C)C(=O)OC. The number of carbonyl (C=O) groups is 1. The Kier molecular flexibility index (Phi) is 10.8. The van der Waals surface area contributed by atoms with Gasteiger partial charge in [-0.2, -0.15) is 11.8 Å². The molecule has 0 rings (SSSR count). The second-order valence-electron chi connectivity index (χ2n) is 4.51. The van der Waals surface area contributed by atoms with Gasteiger partial charge in [0.1, 0.15) is 6.04 Å². The Morgan fingerprint density at radius 2 is 2.00 bits per heavy atom. The minimum atomic E-state index is -0.154. The highest BCUT2D eigenvalue weighted by Crippen LogP contribution is 2.10. The van der Waals surface area contributed by atoms with Gasteiger partial charge < -0.3 is 10.1 Å². The quantitative estimate of drug-likeness (QED) is 0.485. The number of unbranched alkanes of at least 4 members (excludes halogenated alkanes) is 2. The van der Waals surface area contributed by atoms with Gasteiger partial charge in [-0.3, -0.25) is 4.79 Å². The largest absolute Gasteiger partial charge is 0.468 e. The Bertz CT molecular complexity index is 198. The lowest BCUT2D eigenvalue weighted by Crippen LogP contribution is -2.41. The van der Waals surface area contributed by atoms with E-state index in [1.165, 1.54) is 32.1 Å². The van der Waals surface area contributed by atoms with Crippen LogP contribution in [0, 0.1) is 0 Å². The number of thioether (sulfide) groups is 1. The lowest BCUT2D eigenvalue weighted by atomic mass is 10.2. The monoisotopic (exact) mass is 261 g/mol. The molecule has 1 unspecified atom stereocenters. The van der Waals surface area contributed by atoms with Crippen LogP contribution in [0.15, 0.2) is 0 Å². The fourth-order valence-electron chi connectivity index (χ4n) is 1.57. The molecule has 1 atom stereocenters. The van der Waals surface area contributed by atoms with Crippen LogP contribution in [-0.2, 0) is 9.53 Å². The number of carbonyl (C=O) groups excluding carboxylic acids is 1. The first-order valence-electron chi connectivity index (χ1n) is 6.53. The van der Waals surface area contributed by atoms with Crippen LogP contribution in [0.4, 0.5) is 0 Å². The van der Waals surface area contributed by atoms with Gasteiger partial charge in [-0.25, -0.2) is 0 Å². The summed E-state index contributed by atoms with van der Waals surface area (Å²) in [6.45, 7) is 6.30. The predicted molar refractivity (Wildman–Crippen MR) is 75.5 cm³/mol. The van der Waals surface area contributed by atoms with Crippen molar-refractivity contribution in [3.63, 3.8) is 0 Å². The van der Waals surface area contributed by atoms with Crippen LogP contribution in [0.2, 0.25) is 0 Å². The molecular formula is C13H27NO2S. The normalized spacial score (nSPS) is 12.8. The van der Waals surface area contributed by atoms with Gasteiger partial charge in [0.05, 0.1) is 7.11 Å². The van der Waals surface area contributed by atoms with Crippen molar-refractivity contribution < 1.29 is 9.53 Å². The van der Waals surface area contributed by atoms with Gasteiger partial charge >= 0.3 is 5.97 Å². The number of methoxy groups -OCH3 is 1. The number of ether oxygens (including phenoxy) is 1. The van der Waals surface area contributed by atoms with E-state index < -0.39 is 0 Å². The van der Waals surface area contributed by atoms with Crippen molar-refractivity contribution in [2.75, 3.05) is 18.6 Å². The van der Waals surface area contributed by atoms with E-state index in [1.807, 2.05) is 25.6 Å². The molecule has 102 valence electrons. The molecule has 0 aliphatic rings. The van der Waals surface area contributed by atoms with Gasteiger partial charge in [-0.15, -0.1) is 0 Å². The Morgan fingerprint density at radius 3 is 2.53 bits per heavy atom. The smallest absolute Gasteiger partial charge is 0.322 e. The second-order valence-corrected chi connectivity index (χ2v) is 5.73. The van der Waals surface area contributed by atoms with E-state index in [0.29, 0.717) is 6.04 Å². The molecule has 0 spiro atoms. The molecule has 0 aliphatic heterocycles. The maximum absolute atomic E-state index is 11.5. The predicted octanol–water partition coefficient (Wildman–Crippen LogP) is 2.84. The molecule has 0 aromatic carbocycles. The first-order valence-corrected chi connectivity index (χ1v) is 7.68. The molecule has 3 nitrogen and oxygen atoms in total. The highest BCUT2D eigenvalue weighted by Gasteiger charge is 2.18. The Labute approximate surface area is 110 Å². The second kappa shape index (κ2) is 10.9. The van der Waals surface area contributed by atoms with Crippen LogP contribution >= 0.6 is 11.8 Å². The fourth-order valence-corrected chi connectivity index (χ4v) is 2.59. The highest BCUT2D eigenvalue weighted by molar-refractivity contribution is 7.99. The van der Waals surface area contributed by atoms with Crippen LogP contribution < -0.4 is 5.32 Å². The van der Waals surface area contributed by atoms with E-state index in [9.17, 15) is 4.79 Å². The van der Waals surface area contributed by atoms with Crippen molar-refractivity contribution in [2.24, 2.45) is 0 Å². The van der Waals surface area contributed by atoms with Crippen molar-refractivity contribution in [1.29, 1.82) is 0 Å². The minimum absolute atomic E-state index is 0.146. The van der Waals surface area contributed by atoms with Gasteiger partial charge in [-0.1, -0.05) is 33.6 Å². The molecule has 0 aromatic rings. The first-order chi connectivity index (χ1) is 8.11. The third-order valence-corrected chi connectivity index (χ3v) is 3.57. The van der Waals surface area contributed by atoms with E-state index in [-0.39, 0.29) is 12.0 Å². The van der Waals surface area contributed by atoms with E-state index in [2.05, 4.69) is 12.2 Å². The minimum Gasteiger partial charge on any atom is -0.468 e. The molecule has 0 amide bonds. The van der Waals surface area contributed by atoms with Crippen molar-refractivity contribution in [1.82, 2.24) is 5.32 Å². The van der Waals surface area contributed by atoms with E-state index in [1.54, 1.807) is 0 Å². The lowest BCUT2D eigenvalue weighted by Gasteiger charge is -2.18. The summed E-state index contributed by atoms with van der Waals surface area (Å²) >= 11 is 1.93. The topological polar surface area (TPSA) is 38.3 Å². The van der Waals surface area contributed by atoms with Crippen molar-refractivity contribution in [3.8, 4) is 0 Å². The third-order valence-electron chi connectivity index (χ3n) is 2.46. The lowest BCUT2D eigenvalue weighted by molar-refractivity contribution is -0.143. The molecule has 4 heteroatoms. The van der Waals surface area contributed by atoms with Gasteiger partial charge in [-0.05, 0) is 24.3 Å². The van der Waals surface area contributed by atoms with Crippen LogP contribution in [0.3, 0.4) is 0 Å². The summed E-state index contributed by atoms with van der Waals surface area (Å²) in [5.41, 5.74) is 0. The maximum atomic E-state index is 11.5. The third kappa shape index (κ3) is 9.48. The molecule has 0 bridgehead atoms. The molecule has 0 radical (unpaired) electrons. The molecule has 0 aromatic heterocycles. The van der Waals surface area contributed by atoms with Crippen LogP contribution in [0.1, 0.15) is 46.5 Å². The van der Waals surface area contributed by atoms with Gasteiger partial charge in [0, 0.05) is 6.04 Å². The Balaban J connectivity index is 3.72. The van der Waals surface area contributed by atoms with Crippen LogP contribution in [0.25, 0.3) is 0 Å². The molecule has 17 heavy (non-hydrogen) atoms. The Morgan fingerprint density at radius 1 is 1.29 bits per heavy atom. The number of rotatable bonds is 10. The zero-order valence-corrected chi connectivity index (χ0v) is 12.4. The van der Waals surface area contributed by atoms with E-state index in [4.69, 9.17) is 4.74 Å². The molecule has 0 fully saturated rings. The van der Waals surface area contributed by atoms with Gasteiger partial charge in [0.2, 0.25) is 0 Å². The number of hydrogen-bond donors (Lipinski definition) is 1. The Hall–Kier alpha value is -0.220. The van der Waals surface area contributed by atoms with Gasteiger partial charge in [0.15, 0.2) is 0 Å². The summed E-state index contributed by atoms with van der Waals surface area (Å²) in [4.78, 5) is 11.5. The van der Waals surface area contributed by atoms with Crippen LogP contribution in [-0.4, -0.2) is 36.7 Å². The summed E-state index contributed by atoms with van der Waals surface area (Å²) in [5, 5.41) is 3.24. The summed E-state index contributed by atoms with van der Waals surface area (Å²) in [5.74, 6) is 2.07. The summed E-state index contributed by atoms with van der Waals surface area (Å²) in [7, 11) is 1.45. The first kappa shape index (κ1) is 16.8. The molecule has 0 saturated carbocycles. The zero-order chi connectivity index (χ0) is 13.1. The standard InChI is InChI=1S/C13H27NO2S/c1-5-6-7-9-17-10-8-12(13(15)16-4)14-11(2)3/h11-12,14H,5-10H2,1-4H3. The molecule has 0 aliphatic carbocycles. The fraction of sp³-hybridized carbons (Fsp3) is 0.923. The highest BCUT2D eigenvalue weighted by atomic mass is 32.2. The molecule has 1 N–H and O–H groups in total. The van der Waals surface area contributed by atoms with Gasteiger partial charge in [0.25, 0.3) is 0 Å². The van der Waals surface area contributed by atoms with Crippen molar-refractivity contribution in [2.45, 2.75) is 58.5 Å². The summed E-state index contributed by atoms with van der Waals surface area (Å²) < 4.78 is 4.80. The van der Waals surface area contributed by atoms with Crippen LogP contribution in [0.5, 0.6) is 0 Å². The zero-order valence-electron chi connectivity index (χ0n) is 11.6. The molecule has 0 saturated heterocycles. The number of nitrogens with one attached hydrogen (secondary N) is 1. The average Bonchev–Trinajstić information content (AvgIpc) is 2.30. The summed E-state index contributed by atoms with van der Waals surface area (Å²) in [6, 6.07) is 0.155. The molecular weight excluding hydrogens is 234 g/mol. The van der Waals surface area contributed by atoms with Crippen molar-refractivity contribution >= 4 is 17.7 Å². The van der Waals surface area contributed by atoms with E-state index in [0.717, 1.165) is 12.2 Å². The maximum Gasteiger partial charge on any atom is 0.322 e. The number of hydrogen-bond acceptors (Lipinski definition) is 4. The van der Waals surface area contributed by atoms with E-state index >= 15 is 0 Å². The number of esters is 1. The summed E-state index contributed by atoms with van der Waals surface area (Å²) in [6.07, 6.45) is 4.70. The van der Waals surface area contributed by atoms with Crippen molar-refractivity contribution in [3.05, 3.63) is 0 Å². The average molecular weight is 261 g/mol.